The van der Waals surface area contributed by atoms with E-state index in [2.05, 4.69) is 21.5 Å². The van der Waals surface area contributed by atoms with Gasteiger partial charge in [0.25, 0.3) is 0 Å². The van der Waals surface area contributed by atoms with E-state index in [1.807, 2.05) is 38.1 Å². The first-order valence-electron chi connectivity index (χ1n) is 5.29. The Morgan fingerprint density at radius 2 is 1.65 bits per heavy atom. The first-order valence-corrected chi connectivity index (χ1v) is 6.11. The highest BCUT2D eigenvalue weighted by atomic mass is 32.1. The van der Waals surface area contributed by atoms with Crippen molar-refractivity contribution in [3.8, 4) is 0 Å². The van der Waals surface area contributed by atoms with Crippen LogP contribution >= 0.6 is 24.4 Å². The first kappa shape index (κ1) is 13.7. The average Bonchev–Trinajstić information content (AvgIpc) is 2.30. The zero-order chi connectivity index (χ0) is 12.7. The monoisotopic (exact) mass is 268 g/mol. The Morgan fingerprint density at radius 3 is 2.24 bits per heavy atom. The predicted octanol–water partition coefficient (Wildman–Crippen LogP) is 1.68. The van der Waals surface area contributed by atoms with Crippen LogP contribution in [-0.4, -0.2) is 16.8 Å². The highest BCUT2D eigenvalue weighted by Crippen LogP contribution is 2.07. The summed E-state index contributed by atoms with van der Waals surface area (Å²) in [7, 11) is 0. The zero-order valence-electron chi connectivity index (χ0n) is 9.83. The highest BCUT2D eigenvalue weighted by Gasteiger charge is 1.97. The van der Waals surface area contributed by atoms with Crippen molar-refractivity contribution >= 4 is 40.3 Å². The number of aryl methyl sites for hydroxylation is 1. The second kappa shape index (κ2) is 7.03. The van der Waals surface area contributed by atoms with Crippen LogP contribution in [0.1, 0.15) is 12.5 Å². The Morgan fingerprint density at radius 1 is 1.06 bits per heavy atom. The van der Waals surface area contributed by atoms with E-state index in [0.717, 1.165) is 12.2 Å². The first-order chi connectivity index (χ1) is 8.11. The number of benzene rings is 1. The van der Waals surface area contributed by atoms with Crippen LogP contribution in [-0.2, 0) is 0 Å². The minimum Gasteiger partial charge on any atom is -0.362 e. The summed E-state index contributed by atoms with van der Waals surface area (Å²) in [6.45, 7) is 4.78. The van der Waals surface area contributed by atoms with E-state index >= 15 is 0 Å². The topological polar surface area (TPSA) is 48.1 Å². The van der Waals surface area contributed by atoms with Gasteiger partial charge in [-0.3, -0.25) is 10.9 Å². The summed E-state index contributed by atoms with van der Waals surface area (Å²) in [5.41, 5.74) is 7.72. The Hall–Kier alpha value is -1.40. The number of nitrogens with one attached hydrogen (secondary N) is 4. The molecule has 0 aliphatic rings. The molecule has 4 nitrogen and oxygen atoms in total. The summed E-state index contributed by atoms with van der Waals surface area (Å²) >= 11 is 10.1. The second-order valence-corrected chi connectivity index (χ2v) is 4.25. The lowest BCUT2D eigenvalue weighted by Crippen LogP contribution is -2.48. The summed E-state index contributed by atoms with van der Waals surface area (Å²) in [5.74, 6) is 0. The zero-order valence-corrected chi connectivity index (χ0v) is 11.5. The Kier molecular flexibility index (Phi) is 5.65. The van der Waals surface area contributed by atoms with E-state index in [0.29, 0.717) is 10.2 Å². The minimum atomic E-state index is 0.467. The molecule has 0 saturated carbocycles. The summed E-state index contributed by atoms with van der Waals surface area (Å²) in [4.78, 5) is 0. The van der Waals surface area contributed by atoms with E-state index in [9.17, 15) is 0 Å². The van der Waals surface area contributed by atoms with Crippen molar-refractivity contribution in [2.45, 2.75) is 13.8 Å². The third kappa shape index (κ3) is 5.46. The molecule has 0 radical (unpaired) electrons. The summed E-state index contributed by atoms with van der Waals surface area (Å²) < 4.78 is 0. The molecule has 0 spiro atoms. The van der Waals surface area contributed by atoms with E-state index in [1.165, 1.54) is 5.56 Å². The molecule has 17 heavy (non-hydrogen) atoms. The molecule has 0 bridgehead atoms. The largest absolute Gasteiger partial charge is 0.362 e. The highest BCUT2D eigenvalue weighted by molar-refractivity contribution is 7.80. The Balaban J connectivity index is 2.34. The fourth-order valence-electron chi connectivity index (χ4n) is 1.12. The molecule has 92 valence electrons. The maximum absolute atomic E-state index is 5.10. The van der Waals surface area contributed by atoms with Crippen molar-refractivity contribution in [2.24, 2.45) is 0 Å². The standard InChI is InChI=1S/C11H16N4S2/c1-3-12-10(16)14-15-11(17)13-9-6-4-8(2)5-7-9/h4-7H,3H2,1-2H3,(H2,12,14,16)(H2,13,15,17). The lowest BCUT2D eigenvalue weighted by molar-refractivity contribution is 0.825. The number of anilines is 1. The minimum absolute atomic E-state index is 0.467. The molecule has 0 fully saturated rings. The molecule has 0 unspecified atom stereocenters. The SMILES string of the molecule is CCNC(=S)NNC(=S)Nc1ccc(C)cc1. The fraction of sp³-hybridized carbons (Fsp3) is 0.273. The molecule has 1 aromatic rings. The quantitative estimate of drug-likeness (QED) is 0.484. The van der Waals surface area contributed by atoms with E-state index in [4.69, 9.17) is 24.4 Å². The van der Waals surface area contributed by atoms with Gasteiger partial charge in [-0.1, -0.05) is 17.7 Å². The van der Waals surface area contributed by atoms with Crippen LogP contribution in [0.4, 0.5) is 5.69 Å². The van der Waals surface area contributed by atoms with Gasteiger partial charge in [0.2, 0.25) is 0 Å². The van der Waals surface area contributed by atoms with Crippen molar-refractivity contribution in [1.82, 2.24) is 16.2 Å². The summed E-state index contributed by atoms with van der Waals surface area (Å²) in [5, 5.41) is 6.96. The third-order valence-corrected chi connectivity index (χ3v) is 2.39. The van der Waals surface area contributed by atoms with Crippen LogP contribution in [0.5, 0.6) is 0 Å². The van der Waals surface area contributed by atoms with Gasteiger partial charge in [-0.15, -0.1) is 0 Å². The molecule has 0 aromatic heterocycles. The molecule has 0 saturated heterocycles. The normalized spacial score (nSPS) is 9.29. The van der Waals surface area contributed by atoms with Gasteiger partial charge in [-0.05, 0) is 50.4 Å². The molecule has 0 heterocycles. The van der Waals surface area contributed by atoms with Gasteiger partial charge < -0.3 is 10.6 Å². The predicted molar refractivity (Wildman–Crippen MR) is 79.9 cm³/mol. The molecule has 0 aliphatic heterocycles. The molecule has 1 rings (SSSR count). The average molecular weight is 268 g/mol. The van der Waals surface area contributed by atoms with Gasteiger partial charge in [-0.2, -0.15) is 0 Å². The van der Waals surface area contributed by atoms with E-state index in [1.54, 1.807) is 0 Å². The number of rotatable bonds is 2. The van der Waals surface area contributed by atoms with Crippen LogP contribution in [0.2, 0.25) is 0 Å². The van der Waals surface area contributed by atoms with Gasteiger partial charge in [0.1, 0.15) is 0 Å². The maximum atomic E-state index is 5.10. The number of thiocarbonyl (C=S) groups is 2. The summed E-state index contributed by atoms with van der Waals surface area (Å²) in [6.07, 6.45) is 0. The van der Waals surface area contributed by atoms with Crippen molar-refractivity contribution in [3.63, 3.8) is 0 Å². The van der Waals surface area contributed by atoms with Crippen molar-refractivity contribution in [1.29, 1.82) is 0 Å². The Bertz CT molecular complexity index is 389. The Labute approximate surface area is 112 Å². The van der Waals surface area contributed by atoms with Crippen molar-refractivity contribution in [2.75, 3.05) is 11.9 Å². The van der Waals surface area contributed by atoms with Crippen molar-refractivity contribution < 1.29 is 0 Å². The molecular formula is C11H16N4S2. The molecule has 0 amide bonds. The van der Waals surface area contributed by atoms with Gasteiger partial charge >= 0.3 is 0 Å². The molecule has 1 aromatic carbocycles. The lowest BCUT2D eigenvalue weighted by Gasteiger charge is -2.13. The van der Waals surface area contributed by atoms with Crippen LogP contribution in [0, 0.1) is 6.92 Å². The molecule has 0 atom stereocenters. The lowest BCUT2D eigenvalue weighted by atomic mass is 10.2. The van der Waals surface area contributed by atoms with Crippen LogP contribution in [0.25, 0.3) is 0 Å². The molecule has 6 heteroatoms. The molecular weight excluding hydrogens is 252 g/mol. The summed E-state index contributed by atoms with van der Waals surface area (Å²) in [6, 6.07) is 7.96. The smallest absolute Gasteiger partial charge is 0.189 e. The number of hydrogen-bond donors (Lipinski definition) is 4. The maximum Gasteiger partial charge on any atom is 0.189 e. The van der Waals surface area contributed by atoms with Crippen LogP contribution in [0.15, 0.2) is 24.3 Å². The number of hydrogen-bond acceptors (Lipinski definition) is 2. The third-order valence-electron chi connectivity index (χ3n) is 1.94. The van der Waals surface area contributed by atoms with Crippen LogP contribution < -0.4 is 21.5 Å². The van der Waals surface area contributed by atoms with Gasteiger partial charge in [-0.25, -0.2) is 0 Å². The van der Waals surface area contributed by atoms with Gasteiger partial charge in [0.15, 0.2) is 10.2 Å². The fourth-order valence-corrected chi connectivity index (χ4v) is 1.48. The van der Waals surface area contributed by atoms with Gasteiger partial charge in [0, 0.05) is 12.2 Å². The van der Waals surface area contributed by atoms with Crippen molar-refractivity contribution in [3.05, 3.63) is 29.8 Å². The molecule has 0 aliphatic carbocycles. The van der Waals surface area contributed by atoms with Crippen LogP contribution in [0.3, 0.4) is 0 Å². The van der Waals surface area contributed by atoms with E-state index in [-0.39, 0.29) is 0 Å². The molecule has 4 N–H and O–H groups in total. The number of hydrazine groups is 1. The van der Waals surface area contributed by atoms with Gasteiger partial charge in [0.05, 0.1) is 0 Å². The van der Waals surface area contributed by atoms with E-state index < -0.39 is 0 Å². The second-order valence-electron chi connectivity index (χ2n) is 3.43.